The van der Waals surface area contributed by atoms with E-state index in [1.807, 2.05) is 6.07 Å². The first-order valence-corrected chi connectivity index (χ1v) is 12.7. The zero-order valence-corrected chi connectivity index (χ0v) is 22.5. The molecule has 190 valence electrons. The number of nitriles is 1. The van der Waals surface area contributed by atoms with Crippen molar-refractivity contribution < 1.29 is 23.4 Å². The van der Waals surface area contributed by atoms with Gasteiger partial charge in [0.2, 0.25) is 0 Å². The Morgan fingerprint density at radius 2 is 2.05 bits per heavy atom. The van der Waals surface area contributed by atoms with Gasteiger partial charge < -0.3 is 14.2 Å². The number of methoxy groups -OCH3 is 1. The van der Waals surface area contributed by atoms with Crippen molar-refractivity contribution in [1.29, 1.82) is 5.26 Å². The van der Waals surface area contributed by atoms with Gasteiger partial charge in [-0.25, -0.2) is 14.2 Å². The molecule has 8 nitrogen and oxygen atoms in total. The molecule has 0 unspecified atom stereocenters. The van der Waals surface area contributed by atoms with Crippen LogP contribution in [0.3, 0.4) is 0 Å². The lowest BCUT2D eigenvalue weighted by Crippen LogP contribution is -2.39. The zero-order chi connectivity index (χ0) is 26.7. The first-order chi connectivity index (χ1) is 17.8. The van der Waals surface area contributed by atoms with E-state index in [9.17, 15) is 14.0 Å². The van der Waals surface area contributed by atoms with Crippen LogP contribution >= 0.6 is 27.3 Å². The number of rotatable bonds is 7. The molecule has 0 amide bonds. The average molecular weight is 586 g/mol. The SMILES string of the molecule is CCOC(=O)C1=C(C)N=c2s/c(=C\c3cc(Br)c(OCC#N)c(OC)c3)c(=O)n2[C@H]1c1ccc(F)cc1. The maximum absolute atomic E-state index is 13.7. The standard InChI is InChI=1S/C26H21BrFN3O5S/c1-4-35-25(33)21-14(2)30-26-31(22(21)16-5-7-17(28)8-6-16)24(32)20(37-26)13-15-11-18(27)23(36-10-9-29)19(12-15)34-3/h5-8,11-13,22H,4,10H2,1-3H3/b20-13-/t22-/m0/s1. The van der Waals surface area contributed by atoms with Crippen molar-refractivity contribution >= 4 is 39.3 Å². The third kappa shape index (κ3) is 5.21. The number of thiazole rings is 1. The fourth-order valence-electron chi connectivity index (χ4n) is 3.97. The van der Waals surface area contributed by atoms with Gasteiger partial charge in [0.25, 0.3) is 5.56 Å². The Labute approximate surface area is 223 Å². The van der Waals surface area contributed by atoms with Crippen molar-refractivity contribution in [1.82, 2.24) is 4.57 Å². The molecule has 0 aliphatic carbocycles. The molecule has 0 fully saturated rings. The highest BCUT2D eigenvalue weighted by Crippen LogP contribution is 2.37. The monoisotopic (exact) mass is 585 g/mol. The minimum absolute atomic E-state index is 0.154. The molecule has 3 aromatic rings. The molecule has 1 aliphatic rings. The van der Waals surface area contributed by atoms with E-state index in [-0.39, 0.29) is 24.3 Å². The maximum Gasteiger partial charge on any atom is 0.338 e. The number of esters is 1. The number of ether oxygens (including phenoxy) is 3. The minimum Gasteiger partial charge on any atom is -0.493 e. The lowest BCUT2D eigenvalue weighted by Gasteiger charge is -2.24. The number of nitrogens with zero attached hydrogens (tertiary/aromatic N) is 3. The van der Waals surface area contributed by atoms with Crippen LogP contribution < -0.4 is 24.4 Å². The third-order valence-electron chi connectivity index (χ3n) is 5.53. The van der Waals surface area contributed by atoms with Gasteiger partial charge >= 0.3 is 5.97 Å². The smallest absolute Gasteiger partial charge is 0.338 e. The van der Waals surface area contributed by atoms with Gasteiger partial charge in [0, 0.05) is 0 Å². The predicted molar refractivity (Wildman–Crippen MR) is 139 cm³/mol. The number of aromatic nitrogens is 1. The molecule has 1 aliphatic heterocycles. The average Bonchev–Trinajstić information content (AvgIpc) is 3.17. The second kappa shape index (κ2) is 11.1. The molecule has 0 radical (unpaired) electrons. The summed E-state index contributed by atoms with van der Waals surface area (Å²) < 4.78 is 32.1. The second-order valence-electron chi connectivity index (χ2n) is 7.83. The molecule has 1 aromatic heterocycles. The highest BCUT2D eigenvalue weighted by Gasteiger charge is 2.33. The van der Waals surface area contributed by atoms with E-state index in [2.05, 4.69) is 20.9 Å². The summed E-state index contributed by atoms with van der Waals surface area (Å²) in [5.41, 5.74) is 1.46. The molecule has 0 spiro atoms. The van der Waals surface area contributed by atoms with E-state index in [4.69, 9.17) is 19.5 Å². The van der Waals surface area contributed by atoms with Crippen LogP contribution in [0.4, 0.5) is 4.39 Å². The van der Waals surface area contributed by atoms with E-state index in [0.29, 0.717) is 42.1 Å². The maximum atomic E-state index is 13.7. The van der Waals surface area contributed by atoms with Gasteiger partial charge in [-0.15, -0.1) is 0 Å². The molecule has 4 rings (SSSR count). The summed E-state index contributed by atoms with van der Waals surface area (Å²) in [6.45, 7) is 3.38. The van der Waals surface area contributed by atoms with Crippen LogP contribution in [0.2, 0.25) is 0 Å². The van der Waals surface area contributed by atoms with Gasteiger partial charge in [0.1, 0.15) is 11.9 Å². The topological polar surface area (TPSA) is 103 Å². The van der Waals surface area contributed by atoms with E-state index >= 15 is 0 Å². The Balaban J connectivity index is 1.90. The van der Waals surface area contributed by atoms with Crippen LogP contribution in [-0.4, -0.2) is 30.9 Å². The summed E-state index contributed by atoms with van der Waals surface area (Å²) in [5, 5.41) is 8.83. The van der Waals surface area contributed by atoms with Crippen LogP contribution in [0.5, 0.6) is 11.5 Å². The summed E-state index contributed by atoms with van der Waals surface area (Å²) in [4.78, 5) is 31.5. The van der Waals surface area contributed by atoms with Crippen LogP contribution in [0.1, 0.15) is 31.0 Å². The Hall–Kier alpha value is -3.75. The number of hydrogen-bond acceptors (Lipinski definition) is 8. The van der Waals surface area contributed by atoms with Crippen LogP contribution in [0.15, 0.2) is 61.9 Å². The summed E-state index contributed by atoms with van der Waals surface area (Å²) >= 11 is 4.59. The Morgan fingerprint density at radius 1 is 1.32 bits per heavy atom. The number of fused-ring (bicyclic) bond motifs is 1. The molecular weight excluding hydrogens is 565 g/mol. The van der Waals surface area contributed by atoms with E-state index in [1.54, 1.807) is 32.1 Å². The fourth-order valence-corrected chi connectivity index (χ4v) is 5.59. The van der Waals surface area contributed by atoms with Gasteiger partial charge in [0.05, 0.1) is 40.0 Å². The number of carbonyl (C=O) groups is 1. The number of benzene rings is 2. The molecule has 37 heavy (non-hydrogen) atoms. The quantitative estimate of drug-likeness (QED) is 0.392. The molecule has 0 saturated heterocycles. The Kier molecular flexibility index (Phi) is 7.90. The van der Waals surface area contributed by atoms with Crippen LogP contribution in [0, 0.1) is 17.1 Å². The van der Waals surface area contributed by atoms with Crippen molar-refractivity contribution in [3.05, 3.63) is 88.8 Å². The fraction of sp³-hybridized carbons (Fsp3) is 0.231. The van der Waals surface area contributed by atoms with Gasteiger partial charge in [-0.2, -0.15) is 5.26 Å². The Bertz CT molecular complexity index is 1620. The summed E-state index contributed by atoms with van der Waals surface area (Å²) in [6.07, 6.45) is 1.68. The second-order valence-corrected chi connectivity index (χ2v) is 9.70. The normalized spacial score (nSPS) is 15.0. The van der Waals surface area contributed by atoms with Crippen molar-refractivity contribution in [2.75, 3.05) is 20.3 Å². The number of carbonyl (C=O) groups excluding carboxylic acids is 1. The summed E-state index contributed by atoms with van der Waals surface area (Å²) in [7, 11) is 1.47. The highest BCUT2D eigenvalue weighted by molar-refractivity contribution is 9.10. The molecule has 0 N–H and O–H groups in total. The Morgan fingerprint density at radius 3 is 2.70 bits per heavy atom. The van der Waals surface area contributed by atoms with Crippen LogP contribution in [-0.2, 0) is 9.53 Å². The van der Waals surface area contributed by atoms with E-state index in [1.165, 1.54) is 35.9 Å². The lowest BCUT2D eigenvalue weighted by atomic mass is 9.96. The minimum atomic E-state index is -0.832. The molecule has 11 heteroatoms. The highest BCUT2D eigenvalue weighted by atomic mass is 79.9. The van der Waals surface area contributed by atoms with Crippen molar-refractivity contribution in [2.24, 2.45) is 4.99 Å². The largest absolute Gasteiger partial charge is 0.493 e. The molecule has 2 aromatic carbocycles. The zero-order valence-electron chi connectivity index (χ0n) is 20.1. The number of hydrogen-bond donors (Lipinski definition) is 0. The number of halogens is 2. The van der Waals surface area contributed by atoms with Gasteiger partial charge in [0.15, 0.2) is 22.9 Å². The van der Waals surface area contributed by atoms with Gasteiger partial charge in [-0.1, -0.05) is 23.5 Å². The first-order valence-electron chi connectivity index (χ1n) is 11.1. The summed E-state index contributed by atoms with van der Waals surface area (Å²) in [5.74, 6) is -0.271. The molecule has 0 bridgehead atoms. The van der Waals surface area contributed by atoms with Gasteiger partial charge in [-0.3, -0.25) is 9.36 Å². The molecule has 1 atom stereocenters. The van der Waals surface area contributed by atoms with Crippen molar-refractivity contribution in [2.45, 2.75) is 19.9 Å². The van der Waals surface area contributed by atoms with E-state index < -0.39 is 17.8 Å². The van der Waals surface area contributed by atoms with E-state index in [0.717, 1.165) is 11.3 Å². The molecular formula is C26H21BrFN3O5S. The third-order valence-corrected chi connectivity index (χ3v) is 7.11. The summed E-state index contributed by atoms with van der Waals surface area (Å²) in [6, 6.07) is 10.1. The number of allylic oxidation sites excluding steroid dienone is 1. The first kappa shape index (κ1) is 26.3. The molecule has 0 saturated carbocycles. The molecule has 2 heterocycles. The van der Waals surface area contributed by atoms with Crippen molar-refractivity contribution in [3.63, 3.8) is 0 Å². The van der Waals surface area contributed by atoms with Gasteiger partial charge in [-0.05, 0) is 71.2 Å². The van der Waals surface area contributed by atoms with Crippen molar-refractivity contribution in [3.8, 4) is 17.6 Å². The lowest BCUT2D eigenvalue weighted by molar-refractivity contribution is -0.139. The predicted octanol–water partition coefficient (Wildman–Crippen LogP) is 3.61. The van der Waals surface area contributed by atoms with Crippen LogP contribution in [0.25, 0.3) is 6.08 Å².